The van der Waals surface area contributed by atoms with Gasteiger partial charge in [-0.2, -0.15) is 0 Å². The van der Waals surface area contributed by atoms with Gasteiger partial charge in [-0.3, -0.25) is 14.5 Å². The van der Waals surface area contributed by atoms with Crippen molar-refractivity contribution >= 4 is 45.6 Å². The highest BCUT2D eigenvalue weighted by atomic mass is 32.1. The molecule has 1 aliphatic rings. The molecule has 0 aliphatic carbocycles. The summed E-state index contributed by atoms with van der Waals surface area (Å²) >= 11 is 1.24. The molecule has 9 nitrogen and oxygen atoms in total. The van der Waals surface area contributed by atoms with Crippen LogP contribution in [-0.2, 0) is 11.3 Å². The zero-order chi connectivity index (χ0) is 31.3. The summed E-state index contributed by atoms with van der Waals surface area (Å²) in [5.41, 5.74) is 3.34. The van der Waals surface area contributed by atoms with Crippen LogP contribution in [0.4, 0.5) is 31.2 Å². The maximum absolute atomic E-state index is 14.2. The Morgan fingerprint density at radius 1 is 0.889 bits per heavy atom. The summed E-state index contributed by atoms with van der Waals surface area (Å²) in [4.78, 5) is 41.5. The number of carbonyl (C=O) groups is 2. The van der Waals surface area contributed by atoms with Gasteiger partial charge in [-0.1, -0.05) is 41.7 Å². The fourth-order valence-corrected chi connectivity index (χ4v) is 6.17. The SMILES string of the molecule is CC(=O)Nc1nc(-c2cccc(NC(=O)c3c(F)cccc3F)c2)c(-c2ccnc(Nc3cccc(CN4CCCC4)c3)n2)s1. The molecule has 3 N–H and O–H groups in total. The third-order valence-corrected chi connectivity index (χ3v) is 8.16. The van der Waals surface area contributed by atoms with Crippen molar-refractivity contribution in [3.63, 3.8) is 0 Å². The van der Waals surface area contributed by atoms with Gasteiger partial charge in [0.1, 0.15) is 17.2 Å². The van der Waals surface area contributed by atoms with Crippen molar-refractivity contribution in [1.29, 1.82) is 0 Å². The smallest absolute Gasteiger partial charge is 0.261 e. The summed E-state index contributed by atoms with van der Waals surface area (Å²) in [6, 6.07) is 19.9. The third-order valence-electron chi connectivity index (χ3n) is 7.17. The molecule has 45 heavy (non-hydrogen) atoms. The molecule has 0 unspecified atom stereocenters. The molecule has 12 heteroatoms. The van der Waals surface area contributed by atoms with Gasteiger partial charge in [-0.25, -0.2) is 23.7 Å². The molecular formula is C33H29F2N7O2S. The molecule has 1 saturated heterocycles. The number of likely N-dealkylation sites (tertiary alicyclic amines) is 1. The molecule has 1 aliphatic heterocycles. The maximum atomic E-state index is 14.2. The molecule has 2 aromatic heterocycles. The van der Waals surface area contributed by atoms with Gasteiger partial charge in [0.2, 0.25) is 11.9 Å². The number of thiazole rings is 1. The van der Waals surface area contributed by atoms with Crippen molar-refractivity contribution in [2.24, 2.45) is 0 Å². The van der Waals surface area contributed by atoms with Crippen LogP contribution >= 0.6 is 11.3 Å². The van der Waals surface area contributed by atoms with E-state index in [1.165, 1.54) is 42.7 Å². The minimum Gasteiger partial charge on any atom is -0.324 e. The largest absolute Gasteiger partial charge is 0.324 e. The Morgan fingerprint density at radius 3 is 2.40 bits per heavy atom. The Balaban J connectivity index is 1.28. The molecule has 0 radical (unpaired) electrons. The molecule has 3 aromatic carbocycles. The number of nitrogens with one attached hydrogen (secondary N) is 3. The van der Waals surface area contributed by atoms with E-state index in [2.05, 4.69) is 43.0 Å². The molecule has 2 amide bonds. The lowest BCUT2D eigenvalue weighted by Gasteiger charge is -2.15. The van der Waals surface area contributed by atoms with E-state index >= 15 is 0 Å². The van der Waals surface area contributed by atoms with Crippen LogP contribution in [0.5, 0.6) is 0 Å². The molecule has 0 bridgehead atoms. The van der Waals surface area contributed by atoms with Crippen LogP contribution < -0.4 is 16.0 Å². The van der Waals surface area contributed by atoms with Crippen LogP contribution in [0.15, 0.2) is 79.0 Å². The molecule has 5 aromatic rings. The number of halogens is 2. The first kappa shape index (κ1) is 30.0. The van der Waals surface area contributed by atoms with Gasteiger partial charge in [-0.05, 0) is 74.0 Å². The topological polar surface area (TPSA) is 112 Å². The molecule has 3 heterocycles. The van der Waals surface area contributed by atoms with Crippen molar-refractivity contribution in [3.8, 4) is 21.8 Å². The highest BCUT2D eigenvalue weighted by Gasteiger charge is 2.20. The highest BCUT2D eigenvalue weighted by molar-refractivity contribution is 7.19. The number of carbonyl (C=O) groups excluding carboxylic acids is 2. The van der Waals surface area contributed by atoms with Crippen molar-refractivity contribution in [2.75, 3.05) is 29.0 Å². The summed E-state index contributed by atoms with van der Waals surface area (Å²) in [6.07, 6.45) is 4.10. The molecular weight excluding hydrogens is 596 g/mol. The second-order valence-electron chi connectivity index (χ2n) is 10.6. The van der Waals surface area contributed by atoms with Crippen LogP contribution in [-0.4, -0.2) is 44.8 Å². The van der Waals surface area contributed by atoms with Crippen molar-refractivity contribution in [1.82, 2.24) is 19.9 Å². The Bertz CT molecular complexity index is 1850. The zero-order valence-corrected chi connectivity index (χ0v) is 25.1. The standard InChI is InChI=1S/C33H29F2N7O2S/c1-20(43)37-33-41-29(22-8-5-10-24(18-22)38-31(44)28-25(34)11-6-12-26(28)35)30(45-33)27-13-14-36-32(40-27)39-23-9-4-7-21(17-23)19-42-15-2-3-16-42/h4-14,17-18H,2-3,15-16,19H2,1H3,(H,38,44)(H,36,39,40)(H,37,41,43). The van der Waals surface area contributed by atoms with Gasteiger partial charge < -0.3 is 16.0 Å². The zero-order valence-electron chi connectivity index (χ0n) is 24.3. The molecule has 6 rings (SSSR count). The number of hydrogen-bond donors (Lipinski definition) is 3. The van der Waals surface area contributed by atoms with E-state index in [0.29, 0.717) is 38.6 Å². The predicted molar refractivity (Wildman–Crippen MR) is 171 cm³/mol. The van der Waals surface area contributed by atoms with Crippen LogP contribution in [0.1, 0.15) is 35.7 Å². The molecule has 0 saturated carbocycles. The molecule has 0 atom stereocenters. The maximum Gasteiger partial charge on any atom is 0.261 e. The first-order valence-electron chi connectivity index (χ1n) is 14.4. The van der Waals surface area contributed by atoms with Crippen molar-refractivity contribution < 1.29 is 18.4 Å². The molecule has 1 fully saturated rings. The summed E-state index contributed by atoms with van der Waals surface area (Å²) in [5.74, 6) is -2.74. The number of anilines is 4. The quantitative estimate of drug-likeness (QED) is 0.160. The first-order valence-corrected chi connectivity index (χ1v) is 15.2. The van der Waals surface area contributed by atoms with E-state index in [1.54, 1.807) is 36.5 Å². The van der Waals surface area contributed by atoms with Gasteiger partial charge in [0.05, 0.1) is 16.3 Å². The average Bonchev–Trinajstić information content (AvgIpc) is 3.67. The van der Waals surface area contributed by atoms with E-state index in [0.717, 1.165) is 37.5 Å². The Labute approximate surface area is 262 Å². The average molecular weight is 626 g/mol. The lowest BCUT2D eigenvalue weighted by Crippen LogP contribution is -2.18. The first-order chi connectivity index (χ1) is 21.8. The number of benzene rings is 3. The summed E-state index contributed by atoms with van der Waals surface area (Å²) in [6.45, 7) is 4.50. The van der Waals surface area contributed by atoms with Gasteiger partial charge >= 0.3 is 0 Å². The number of aromatic nitrogens is 3. The number of hydrogen-bond acceptors (Lipinski definition) is 8. The molecule has 0 spiro atoms. The minimum atomic E-state index is -0.961. The van der Waals surface area contributed by atoms with Crippen molar-refractivity contribution in [2.45, 2.75) is 26.3 Å². The minimum absolute atomic E-state index is 0.284. The van der Waals surface area contributed by atoms with E-state index in [-0.39, 0.29) is 5.91 Å². The lowest BCUT2D eigenvalue weighted by atomic mass is 10.1. The van der Waals surface area contributed by atoms with Gasteiger partial charge in [-0.15, -0.1) is 0 Å². The fraction of sp³-hybridized carbons (Fsp3) is 0.182. The van der Waals surface area contributed by atoms with Crippen LogP contribution in [0.25, 0.3) is 21.8 Å². The summed E-state index contributed by atoms with van der Waals surface area (Å²) < 4.78 is 28.4. The van der Waals surface area contributed by atoms with E-state index in [4.69, 9.17) is 4.98 Å². The Hall–Kier alpha value is -5.07. The van der Waals surface area contributed by atoms with Crippen LogP contribution in [0.3, 0.4) is 0 Å². The summed E-state index contributed by atoms with van der Waals surface area (Å²) in [5, 5.41) is 8.95. The highest BCUT2D eigenvalue weighted by Crippen LogP contribution is 2.39. The Kier molecular flexibility index (Phi) is 8.85. The third kappa shape index (κ3) is 7.19. The molecule has 228 valence electrons. The van der Waals surface area contributed by atoms with Gasteiger partial charge in [0.25, 0.3) is 5.91 Å². The van der Waals surface area contributed by atoms with Gasteiger partial charge in [0.15, 0.2) is 5.13 Å². The van der Waals surface area contributed by atoms with Crippen molar-refractivity contribution in [3.05, 3.63) is 102 Å². The van der Waals surface area contributed by atoms with E-state index in [9.17, 15) is 18.4 Å². The normalized spacial score (nSPS) is 13.0. The van der Waals surface area contributed by atoms with Crippen LogP contribution in [0.2, 0.25) is 0 Å². The second-order valence-corrected chi connectivity index (χ2v) is 11.6. The fourth-order valence-electron chi connectivity index (χ4n) is 5.17. The lowest BCUT2D eigenvalue weighted by molar-refractivity contribution is -0.114. The monoisotopic (exact) mass is 625 g/mol. The number of nitrogens with zero attached hydrogens (tertiary/aromatic N) is 4. The van der Waals surface area contributed by atoms with E-state index < -0.39 is 23.1 Å². The number of amides is 2. The predicted octanol–water partition coefficient (Wildman–Crippen LogP) is 7.10. The number of rotatable bonds is 9. The van der Waals surface area contributed by atoms with Gasteiger partial charge in [0, 0.05) is 36.6 Å². The van der Waals surface area contributed by atoms with Crippen LogP contribution in [0, 0.1) is 11.6 Å². The Morgan fingerprint density at radius 2 is 1.62 bits per heavy atom. The second kappa shape index (κ2) is 13.3. The van der Waals surface area contributed by atoms with E-state index in [1.807, 2.05) is 12.1 Å². The summed E-state index contributed by atoms with van der Waals surface area (Å²) in [7, 11) is 0.